The van der Waals surface area contributed by atoms with Crippen molar-refractivity contribution in [3.8, 4) is 0 Å². The molecule has 4 aromatic rings. The molecule has 4 rings (SSSR count). The summed E-state index contributed by atoms with van der Waals surface area (Å²) in [6.07, 6.45) is 3.28. The Morgan fingerprint density at radius 3 is 1.39 bits per heavy atom. The van der Waals surface area contributed by atoms with Crippen LogP contribution in [0.4, 0.5) is 0 Å². The number of hydrogen-bond acceptors (Lipinski definition) is 3. The van der Waals surface area contributed by atoms with Gasteiger partial charge in [-0.15, -0.1) is 0 Å². The molecule has 0 unspecified atom stereocenters. The zero-order chi connectivity index (χ0) is 21.4. The molecule has 0 saturated carbocycles. The van der Waals surface area contributed by atoms with Crippen LogP contribution in [0.5, 0.6) is 0 Å². The van der Waals surface area contributed by atoms with E-state index in [4.69, 9.17) is 3.07 Å². The van der Waals surface area contributed by atoms with Gasteiger partial charge in [-0.1, -0.05) is 0 Å². The van der Waals surface area contributed by atoms with Crippen LogP contribution in [0.25, 0.3) is 0 Å². The zero-order valence-electron chi connectivity index (χ0n) is 17.4. The molecule has 0 aliphatic carbocycles. The Labute approximate surface area is 188 Å². The monoisotopic (exact) mass is 515 g/mol. The Hall–Kier alpha value is -2.92. The average molecular weight is 514 g/mol. The van der Waals surface area contributed by atoms with E-state index < -0.39 is 18.8 Å². The number of rotatable bonds is 8. The standard InChI is InChI=1S/3C7H7.C6H5NO2.Sn/c3*1-7-5-3-2-4-6-7;8-6(9)5-1-3-7-4-2-5;/h3*2-6H,1H2;1-4H,(H,8,9);/q;;;;+1/p-1. The normalized spacial score (nSPS) is 11.1. The maximum atomic E-state index is 13.2. The average Bonchev–Trinajstić information content (AvgIpc) is 2.81. The topological polar surface area (TPSA) is 39.2 Å². The predicted octanol–water partition coefficient (Wildman–Crippen LogP) is 5.53. The van der Waals surface area contributed by atoms with Gasteiger partial charge in [-0.3, -0.25) is 0 Å². The van der Waals surface area contributed by atoms with Crippen LogP contribution < -0.4 is 0 Å². The first-order valence-electron chi connectivity index (χ1n) is 10.5. The van der Waals surface area contributed by atoms with Crippen molar-refractivity contribution in [2.75, 3.05) is 0 Å². The van der Waals surface area contributed by atoms with Gasteiger partial charge in [0.25, 0.3) is 0 Å². The van der Waals surface area contributed by atoms with Gasteiger partial charge >= 0.3 is 189 Å². The van der Waals surface area contributed by atoms with Gasteiger partial charge in [0.05, 0.1) is 0 Å². The Balaban J connectivity index is 1.74. The van der Waals surface area contributed by atoms with Gasteiger partial charge in [0.2, 0.25) is 0 Å². The molecule has 0 atom stereocenters. The second-order valence-corrected chi connectivity index (χ2v) is 18.2. The fraction of sp³-hybridized carbons (Fsp3) is 0.111. The number of aromatic nitrogens is 1. The molecule has 0 radical (unpaired) electrons. The van der Waals surface area contributed by atoms with E-state index in [-0.39, 0.29) is 5.97 Å². The summed E-state index contributed by atoms with van der Waals surface area (Å²) in [5, 5.41) is 0. The van der Waals surface area contributed by atoms with Crippen molar-refractivity contribution in [1.29, 1.82) is 0 Å². The van der Waals surface area contributed by atoms with Crippen molar-refractivity contribution in [3.63, 3.8) is 0 Å². The van der Waals surface area contributed by atoms with E-state index in [1.165, 1.54) is 16.7 Å². The third-order valence-electron chi connectivity index (χ3n) is 5.33. The SMILES string of the molecule is O=C([O][Sn]([CH2]c1ccccc1)([CH2]c1ccccc1)[CH2]c1ccccc1)c1ccncc1. The zero-order valence-corrected chi connectivity index (χ0v) is 20.2. The van der Waals surface area contributed by atoms with Crippen LogP contribution in [0.15, 0.2) is 116 Å². The second kappa shape index (κ2) is 10.4. The summed E-state index contributed by atoms with van der Waals surface area (Å²) in [5.74, 6) is -0.235. The molecule has 154 valence electrons. The Morgan fingerprint density at radius 1 is 0.613 bits per heavy atom. The molecule has 0 fully saturated rings. The van der Waals surface area contributed by atoms with Crippen LogP contribution >= 0.6 is 0 Å². The molecular formula is C27H25NO2Sn. The quantitative estimate of drug-likeness (QED) is 0.291. The number of benzene rings is 3. The molecule has 3 aromatic carbocycles. The molecule has 4 heteroatoms. The Bertz CT molecular complexity index is 986. The summed E-state index contributed by atoms with van der Waals surface area (Å²) in [7, 11) is 0. The van der Waals surface area contributed by atoms with Gasteiger partial charge in [0.1, 0.15) is 0 Å². The van der Waals surface area contributed by atoms with Crippen LogP contribution in [0, 0.1) is 0 Å². The van der Waals surface area contributed by atoms with Crippen molar-refractivity contribution in [2.45, 2.75) is 13.3 Å². The van der Waals surface area contributed by atoms with Crippen LogP contribution in [-0.4, -0.2) is 29.7 Å². The third kappa shape index (κ3) is 6.05. The fourth-order valence-corrected chi connectivity index (χ4v) is 15.5. The molecule has 0 aliphatic heterocycles. The second-order valence-electron chi connectivity index (χ2n) is 7.80. The van der Waals surface area contributed by atoms with Gasteiger partial charge in [-0.2, -0.15) is 0 Å². The number of carbonyl (C=O) groups excluding carboxylic acids is 1. The first-order chi connectivity index (χ1) is 15.2. The maximum absolute atomic E-state index is 13.2. The number of pyridine rings is 1. The number of hydrogen-bond donors (Lipinski definition) is 0. The molecule has 3 nitrogen and oxygen atoms in total. The van der Waals surface area contributed by atoms with Crippen LogP contribution in [-0.2, 0) is 16.4 Å². The molecule has 0 N–H and O–H groups in total. The first kappa shape index (κ1) is 21.3. The fourth-order valence-electron chi connectivity index (χ4n) is 3.94. The molecule has 0 amide bonds. The van der Waals surface area contributed by atoms with Crippen molar-refractivity contribution in [1.82, 2.24) is 4.98 Å². The van der Waals surface area contributed by atoms with Crippen molar-refractivity contribution in [3.05, 3.63) is 138 Å². The van der Waals surface area contributed by atoms with Crippen molar-refractivity contribution >= 4 is 24.8 Å². The van der Waals surface area contributed by atoms with E-state index in [1.54, 1.807) is 24.5 Å². The minimum atomic E-state index is -3.61. The molecule has 31 heavy (non-hydrogen) atoms. The first-order valence-corrected chi connectivity index (χ1v) is 17.7. The Kier molecular flexibility index (Phi) is 7.15. The molecule has 0 bridgehead atoms. The molecular weight excluding hydrogens is 489 g/mol. The molecule has 0 saturated heterocycles. The van der Waals surface area contributed by atoms with Crippen molar-refractivity contribution in [2.24, 2.45) is 0 Å². The third-order valence-corrected chi connectivity index (χ3v) is 16.1. The number of nitrogens with zero attached hydrogens (tertiary/aromatic N) is 1. The van der Waals surface area contributed by atoms with E-state index in [0.29, 0.717) is 5.56 Å². The van der Waals surface area contributed by atoms with Crippen molar-refractivity contribution < 1.29 is 7.87 Å². The van der Waals surface area contributed by atoms with Crippen LogP contribution in [0.3, 0.4) is 0 Å². The summed E-state index contributed by atoms with van der Waals surface area (Å²) in [6.45, 7) is 0. The molecule has 1 heterocycles. The van der Waals surface area contributed by atoms with E-state index in [9.17, 15) is 4.79 Å². The van der Waals surface area contributed by atoms with Gasteiger partial charge in [-0.25, -0.2) is 0 Å². The van der Waals surface area contributed by atoms with Gasteiger partial charge < -0.3 is 0 Å². The van der Waals surface area contributed by atoms with E-state index in [0.717, 1.165) is 13.3 Å². The summed E-state index contributed by atoms with van der Waals surface area (Å²) in [6, 6.07) is 34.7. The number of carbonyl (C=O) groups is 1. The van der Waals surface area contributed by atoms with Gasteiger partial charge in [-0.05, 0) is 0 Å². The summed E-state index contributed by atoms with van der Waals surface area (Å²) in [5.41, 5.74) is 4.25. The molecule has 1 aromatic heterocycles. The van der Waals surface area contributed by atoms with Gasteiger partial charge in [0, 0.05) is 0 Å². The summed E-state index contributed by atoms with van der Waals surface area (Å²) in [4.78, 5) is 17.3. The molecule has 0 aliphatic rings. The van der Waals surface area contributed by atoms with E-state index >= 15 is 0 Å². The minimum absolute atomic E-state index is 0.235. The van der Waals surface area contributed by atoms with E-state index in [2.05, 4.69) is 77.8 Å². The summed E-state index contributed by atoms with van der Waals surface area (Å²) < 4.78 is 9.07. The van der Waals surface area contributed by atoms with E-state index in [1.807, 2.05) is 18.2 Å². The van der Waals surface area contributed by atoms with Gasteiger partial charge in [0.15, 0.2) is 0 Å². The summed E-state index contributed by atoms with van der Waals surface area (Å²) >= 11 is -3.61. The van der Waals surface area contributed by atoms with Crippen LogP contribution in [0.1, 0.15) is 27.0 Å². The predicted molar refractivity (Wildman–Crippen MR) is 126 cm³/mol. The molecule has 0 spiro atoms. The van der Waals surface area contributed by atoms with Crippen LogP contribution in [0.2, 0.25) is 0 Å². The Morgan fingerprint density at radius 2 is 1.00 bits per heavy atom.